The van der Waals surface area contributed by atoms with Gasteiger partial charge < -0.3 is 20.1 Å². The number of aliphatic hydroxyl groups is 1. The maximum absolute atomic E-state index is 12.4. The van der Waals surface area contributed by atoms with Crippen molar-refractivity contribution in [3.8, 4) is 0 Å². The lowest BCUT2D eigenvalue weighted by molar-refractivity contribution is 0.0498. The summed E-state index contributed by atoms with van der Waals surface area (Å²) in [6, 6.07) is 10.3. The molecule has 2 aliphatic rings. The highest BCUT2D eigenvalue weighted by Crippen LogP contribution is 2.34. The Hall–Kier alpha value is -1.59. The first-order valence-electron chi connectivity index (χ1n) is 8.91. The monoisotopic (exact) mass is 332 g/mol. The Morgan fingerprint density at radius 3 is 2.62 bits per heavy atom. The van der Waals surface area contributed by atoms with Gasteiger partial charge in [0.25, 0.3) is 0 Å². The number of carbonyl (C=O) groups is 1. The zero-order valence-electron chi connectivity index (χ0n) is 14.4. The van der Waals surface area contributed by atoms with Crippen LogP contribution in [-0.2, 0) is 10.2 Å². The van der Waals surface area contributed by atoms with Gasteiger partial charge in [0, 0.05) is 38.8 Å². The van der Waals surface area contributed by atoms with E-state index in [1.54, 1.807) is 11.9 Å². The van der Waals surface area contributed by atoms with Crippen LogP contribution in [-0.4, -0.2) is 55.5 Å². The van der Waals surface area contributed by atoms with Crippen LogP contribution in [0.1, 0.15) is 31.2 Å². The average molecular weight is 332 g/mol. The molecule has 0 radical (unpaired) electrons. The van der Waals surface area contributed by atoms with Crippen LogP contribution in [0, 0.1) is 5.92 Å². The Balaban J connectivity index is 1.60. The first-order valence-corrected chi connectivity index (χ1v) is 8.91. The van der Waals surface area contributed by atoms with Gasteiger partial charge in [0.05, 0.1) is 6.10 Å². The molecule has 1 aromatic rings. The quantitative estimate of drug-likeness (QED) is 0.839. The SMILES string of the molecule is CN(CC(O)C1CC1)C(=O)NCC1(c2ccccc2)CCOCC1. The van der Waals surface area contributed by atoms with Crippen molar-refractivity contribution in [1.82, 2.24) is 10.2 Å². The number of aliphatic hydroxyl groups excluding tert-OH is 1. The van der Waals surface area contributed by atoms with Crippen LogP contribution in [0.2, 0.25) is 0 Å². The van der Waals surface area contributed by atoms with Gasteiger partial charge in [-0.1, -0.05) is 30.3 Å². The summed E-state index contributed by atoms with van der Waals surface area (Å²) in [7, 11) is 1.75. The fourth-order valence-corrected chi connectivity index (χ4v) is 3.49. The normalized spacial score (nSPS) is 21.1. The predicted octanol–water partition coefficient (Wildman–Crippen LogP) is 2.15. The van der Waals surface area contributed by atoms with Gasteiger partial charge in [0.2, 0.25) is 0 Å². The molecule has 0 aromatic heterocycles. The number of carbonyl (C=O) groups excluding carboxylic acids is 1. The van der Waals surface area contributed by atoms with Crippen molar-refractivity contribution in [2.45, 2.75) is 37.2 Å². The second kappa shape index (κ2) is 7.53. The lowest BCUT2D eigenvalue weighted by atomic mass is 9.74. The zero-order chi connectivity index (χ0) is 17.0. The van der Waals surface area contributed by atoms with E-state index < -0.39 is 6.10 Å². The first kappa shape index (κ1) is 17.2. The minimum Gasteiger partial charge on any atom is -0.391 e. The molecule has 0 bridgehead atoms. The van der Waals surface area contributed by atoms with Gasteiger partial charge in [-0.05, 0) is 37.2 Å². The highest BCUT2D eigenvalue weighted by molar-refractivity contribution is 5.74. The zero-order valence-corrected chi connectivity index (χ0v) is 14.4. The number of rotatable bonds is 6. The molecule has 2 fully saturated rings. The van der Waals surface area contributed by atoms with Crippen LogP contribution in [0.5, 0.6) is 0 Å². The summed E-state index contributed by atoms with van der Waals surface area (Å²) in [4.78, 5) is 14.0. The molecule has 1 aliphatic heterocycles. The van der Waals surface area contributed by atoms with Gasteiger partial charge in [0.1, 0.15) is 0 Å². The molecule has 1 unspecified atom stereocenters. The summed E-state index contributed by atoms with van der Waals surface area (Å²) in [5.41, 5.74) is 1.19. The number of nitrogens with one attached hydrogen (secondary N) is 1. The second-order valence-electron chi connectivity index (χ2n) is 7.20. The number of hydrogen-bond acceptors (Lipinski definition) is 3. The van der Waals surface area contributed by atoms with Crippen LogP contribution in [0.15, 0.2) is 30.3 Å². The summed E-state index contributed by atoms with van der Waals surface area (Å²) in [6.45, 7) is 2.45. The first-order chi connectivity index (χ1) is 11.6. The molecule has 1 saturated heterocycles. The molecule has 1 heterocycles. The number of ether oxygens (including phenoxy) is 1. The van der Waals surface area contributed by atoms with Crippen LogP contribution in [0.3, 0.4) is 0 Å². The summed E-state index contributed by atoms with van der Waals surface area (Å²) < 4.78 is 5.53. The standard InChI is InChI=1S/C19H28N2O3/c1-21(13-17(22)15-7-8-15)18(23)20-14-19(9-11-24-12-10-19)16-5-3-2-4-6-16/h2-6,15,17,22H,7-14H2,1H3,(H,20,23). The number of likely N-dealkylation sites (N-methyl/N-ethyl adjacent to an activating group) is 1. The molecule has 5 nitrogen and oxygen atoms in total. The van der Waals surface area contributed by atoms with Gasteiger partial charge in [-0.25, -0.2) is 4.79 Å². The fourth-order valence-electron chi connectivity index (χ4n) is 3.49. The third kappa shape index (κ3) is 4.08. The topological polar surface area (TPSA) is 61.8 Å². The van der Waals surface area contributed by atoms with Gasteiger partial charge in [-0.2, -0.15) is 0 Å². The lowest BCUT2D eigenvalue weighted by Gasteiger charge is -2.38. The predicted molar refractivity (Wildman–Crippen MR) is 92.9 cm³/mol. The number of amides is 2. The Kier molecular flexibility index (Phi) is 5.41. The maximum atomic E-state index is 12.4. The van der Waals surface area contributed by atoms with E-state index in [9.17, 15) is 9.90 Å². The molecule has 1 saturated carbocycles. The molecule has 1 atom stereocenters. The third-order valence-corrected chi connectivity index (χ3v) is 5.39. The average Bonchev–Trinajstić information content (AvgIpc) is 3.46. The molecular weight excluding hydrogens is 304 g/mol. The Morgan fingerprint density at radius 2 is 2.00 bits per heavy atom. The lowest BCUT2D eigenvalue weighted by Crippen LogP contribution is -2.49. The van der Waals surface area contributed by atoms with E-state index in [0.717, 1.165) is 38.9 Å². The Morgan fingerprint density at radius 1 is 1.33 bits per heavy atom. The van der Waals surface area contributed by atoms with Crippen LogP contribution in [0.4, 0.5) is 4.79 Å². The molecule has 2 amide bonds. The molecular formula is C19H28N2O3. The van der Waals surface area contributed by atoms with Crippen molar-refractivity contribution in [3.05, 3.63) is 35.9 Å². The highest BCUT2D eigenvalue weighted by atomic mass is 16.5. The summed E-state index contributed by atoms with van der Waals surface area (Å²) in [5, 5.41) is 13.1. The molecule has 1 aromatic carbocycles. The molecule has 0 spiro atoms. The van der Waals surface area contributed by atoms with Crippen molar-refractivity contribution in [2.75, 3.05) is 33.4 Å². The van der Waals surface area contributed by atoms with E-state index >= 15 is 0 Å². The van der Waals surface area contributed by atoms with E-state index in [4.69, 9.17) is 4.74 Å². The van der Waals surface area contributed by atoms with Crippen LogP contribution in [0.25, 0.3) is 0 Å². The van der Waals surface area contributed by atoms with E-state index in [-0.39, 0.29) is 11.4 Å². The summed E-state index contributed by atoms with van der Waals surface area (Å²) >= 11 is 0. The summed E-state index contributed by atoms with van der Waals surface area (Å²) in [6.07, 6.45) is 3.57. The van der Waals surface area contributed by atoms with Crippen molar-refractivity contribution in [2.24, 2.45) is 5.92 Å². The smallest absolute Gasteiger partial charge is 0.317 e. The van der Waals surface area contributed by atoms with Crippen molar-refractivity contribution in [1.29, 1.82) is 0 Å². The van der Waals surface area contributed by atoms with Crippen molar-refractivity contribution < 1.29 is 14.6 Å². The molecule has 5 heteroatoms. The van der Waals surface area contributed by atoms with E-state index in [0.29, 0.717) is 19.0 Å². The molecule has 132 valence electrons. The molecule has 3 rings (SSSR count). The largest absolute Gasteiger partial charge is 0.391 e. The highest BCUT2D eigenvalue weighted by Gasteiger charge is 2.35. The van der Waals surface area contributed by atoms with Gasteiger partial charge in [-0.3, -0.25) is 0 Å². The third-order valence-electron chi connectivity index (χ3n) is 5.39. The minimum atomic E-state index is -0.396. The van der Waals surface area contributed by atoms with Gasteiger partial charge in [-0.15, -0.1) is 0 Å². The van der Waals surface area contributed by atoms with Gasteiger partial charge >= 0.3 is 6.03 Å². The van der Waals surface area contributed by atoms with Gasteiger partial charge in [0.15, 0.2) is 0 Å². The van der Waals surface area contributed by atoms with Crippen LogP contribution >= 0.6 is 0 Å². The molecule has 1 aliphatic carbocycles. The van der Waals surface area contributed by atoms with E-state index in [1.165, 1.54) is 5.56 Å². The van der Waals surface area contributed by atoms with E-state index in [1.807, 2.05) is 18.2 Å². The van der Waals surface area contributed by atoms with Crippen molar-refractivity contribution >= 4 is 6.03 Å². The number of urea groups is 1. The second-order valence-corrected chi connectivity index (χ2v) is 7.20. The maximum Gasteiger partial charge on any atom is 0.317 e. The Labute approximate surface area is 144 Å². The van der Waals surface area contributed by atoms with Crippen molar-refractivity contribution in [3.63, 3.8) is 0 Å². The molecule has 24 heavy (non-hydrogen) atoms. The fraction of sp³-hybridized carbons (Fsp3) is 0.632. The minimum absolute atomic E-state index is 0.0644. The van der Waals surface area contributed by atoms with E-state index in [2.05, 4.69) is 17.4 Å². The summed E-state index contributed by atoms with van der Waals surface area (Å²) in [5.74, 6) is 0.381. The number of nitrogens with zero attached hydrogens (tertiary/aromatic N) is 1. The molecule has 2 N–H and O–H groups in total. The number of benzene rings is 1. The Bertz CT molecular complexity index is 539. The number of hydrogen-bond donors (Lipinski definition) is 2. The van der Waals surface area contributed by atoms with Crippen LogP contribution < -0.4 is 5.32 Å².